The molecule has 0 aromatic heterocycles. The molecule has 0 saturated heterocycles. The Morgan fingerprint density at radius 3 is 2.62 bits per heavy atom. The first kappa shape index (κ1) is 16.5. The van der Waals surface area contributed by atoms with Crippen LogP contribution in [0.5, 0.6) is 0 Å². The lowest BCUT2D eigenvalue weighted by Gasteiger charge is -2.07. The zero-order chi connectivity index (χ0) is 16.0. The highest BCUT2D eigenvalue weighted by molar-refractivity contribution is 5.95. The van der Waals surface area contributed by atoms with E-state index in [-0.39, 0.29) is 19.4 Å². The van der Waals surface area contributed by atoms with Gasteiger partial charge in [0.2, 0.25) is 5.82 Å². The summed E-state index contributed by atoms with van der Waals surface area (Å²) in [6.07, 6.45) is 0.229. The van der Waals surface area contributed by atoms with Gasteiger partial charge in [-0.05, 0) is 12.5 Å². The van der Waals surface area contributed by atoms with Gasteiger partial charge in [0.1, 0.15) is 11.4 Å². The van der Waals surface area contributed by atoms with Crippen LogP contribution in [0, 0.1) is 21.7 Å². The molecule has 0 spiro atoms. The molecule has 0 fully saturated rings. The van der Waals surface area contributed by atoms with Crippen molar-refractivity contribution in [3.8, 4) is 0 Å². The molecule has 1 rings (SSSR count). The van der Waals surface area contributed by atoms with Crippen molar-refractivity contribution in [3.63, 3.8) is 0 Å². The topological polar surface area (TPSA) is 98.5 Å². The van der Waals surface area contributed by atoms with Gasteiger partial charge in [-0.3, -0.25) is 19.7 Å². The number of rotatable bonds is 6. The van der Waals surface area contributed by atoms with Crippen molar-refractivity contribution in [2.24, 2.45) is 0 Å². The summed E-state index contributed by atoms with van der Waals surface area (Å²) in [7, 11) is 1.20. The van der Waals surface area contributed by atoms with E-state index in [4.69, 9.17) is 0 Å². The average molecular weight is 302 g/mol. The van der Waals surface area contributed by atoms with Gasteiger partial charge in [0.15, 0.2) is 0 Å². The number of halogens is 2. The first-order valence-corrected chi connectivity index (χ1v) is 5.86. The third-order valence-corrected chi connectivity index (χ3v) is 2.57. The Hall–Kier alpha value is -2.58. The molecule has 0 bridgehead atoms. The van der Waals surface area contributed by atoms with Gasteiger partial charge < -0.3 is 10.1 Å². The molecular weight excluding hydrogens is 290 g/mol. The Bertz CT molecular complexity index is 577. The first-order valence-electron chi connectivity index (χ1n) is 5.86. The molecule has 1 N–H and O–H groups in total. The van der Waals surface area contributed by atoms with Crippen LogP contribution in [0.3, 0.4) is 0 Å². The molecular formula is C12H12F2N2O5. The molecule has 0 aliphatic rings. The SMILES string of the molecule is COC(=O)CCCNC(=O)c1c(F)ccc([N+](=O)[O-])c1F. The number of benzene rings is 1. The summed E-state index contributed by atoms with van der Waals surface area (Å²) in [6.45, 7) is -0.0322. The van der Waals surface area contributed by atoms with Crippen LogP contribution in [-0.2, 0) is 9.53 Å². The van der Waals surface area contributed by atoms with E-state index in [1.54, 1.807) is 0 Å². The van der Waals surface area contributed by atoms with E-state index >= 15 is 0 Å². The maximum absolute atomic E-state index is 13.7. The first-order chi connectivity index (χ1) is 9.88. The number of hydrogen-bond donors (Lipinski definition) is 1. The van der Waals surface area contributed by atoms with Gasteiger partial charge in [-0.15, -0.1) is 0 Å². The number of hydrogen-bond acceptors (Lipinski definition) is 5. The van der Waals surface area contributed by atoms with E-state index in [9.17, 15) is 28.5 Å². The monoisotopic (exact) mass is 302 g/mol. The molecule has 0 radical (unpaired) electrons. The summed E-state index contributed by atoms with van der Waals surface area (Å²) in [6, 6.07) is 1.28. The highest BCUT2D eigenvalue weighted by atomic mass is 19.1. The van der Waals surface area contributed by atoms with Gasteiger partial charge in [0.05, 0.1) is 12.0 Å². The maximum Gasteiger partial charge on any atom is 0.305 e. The predicted molar refractivity (Wildman–Crippen MR) is 66.6 cm³/mol. The standard InChI is InChI=1S/C12H12F2N2O5/c1-21-9(17)3-2-6-15-12(18)10-7(13)4-5-8(11(10)14)16(19)20/h4-5H,2-3,6H2,1H3,(H,15,18). The second-order valence-corrected chi connectivity index (χ2v) is 3.95. The van der Waals surface area contributed by atoms with Crippen LogP contribution in [0.2, 0.25) is 0 Å². The highest BCUT2D eigenvalue weighted by Crippen LogP contribution is 2.22. The van der Waals surface area contributed by atoms with E-state index < -0.39 is 39.7 Å². The van der Waals surface area contributed by atoms with Crippen LogP contribution in [0.4, 0.5) is 14.5 Å². The molecule has 0 aliphatic carbocycles. The number of carbonyl (C=O) groups excluding carboxylic acids is 2. The predicted octanol–water partition coefficient (Wildman–Crippen LogP) is 1.56. The van der Waals surface area contributed by atoms with E-state index in [0.717, 1.165) is 0 Å². The molecule has 0 saturated carbocycles. The van der Waals surface area contributed by atoms with Crippen molar-refractivity contribution in [1.82, 2.24) is 5.32 Å². The molecule has 0 aliphatic heterocycles. The number of esters is 1. The van der Waals surface area contributed by atoms with E-state index in [0.29, 0.717) is 12.1 Å². The summed E-state index contributed by atoms with van der Waals surface area (Å²) >= 11 is 0. The third-order valence-electron chi connectivity index (χ3n) is 2.57. The van der Waals surface area contributed by atoms with Gasteiger partial charge in [0, 0.05) is 19.0 Å². The van der Waals surface area contributed by atoms with Gasteiger partial charge in [0.25, 0.3) is 5.91 Å². The fourth-order valence-corrected chi connectivity index (χ4v) is 1.52. The average Bonchev–Trinajstić information content (AvgIpc) is 2.42. The summed E-state index contributed by atoms with van der Waals surface area (Å²) in [4.78, 5) is 32.0. The van der Waals surface area contributed by atoms with Gasteiger partial charge in [-0.1, -0.05) is 0 Å². The Morgan fingerprint density at radius 2 is 2.05 bits per heavy atom. The van der Waals surface area contributed by atoms with Crippen molar-refractivity contribution in [1.29, 1.82) is 0 Å². The fraction of sp³-hybridized carbons (Fsp3) is 0.333. The number of carbonyl (C=O) groups is 2. The van der Waals surface area contributed by atoms with Gasteiger partial charge in [-0.25, -0.2) is 4.39 Å². The summed E-state index contributed by atoms with van der Waals surface area (Å²) in [5, 5.41) is 12.7. The summed E-state index contributed by atoms with van der Waals surface area (Å²) in [5.41, 5.74) is -2.02. The lowest BCUT2D eigenvalue weighted by atomic mass is 10.1. The van der Waals surface area contributed by atoms with E-state index in [1.807, 2.05) is 0 Å². The lowest BCUT2D eigenvalue weighted by molar-refractivity contribution is -0.387. The van der Waals surface area contributed by atoms with Crippen molar-refractivity contribution >= 4 is 17.6 Å². The molecule has 9 heteroatoms. The second kappa shape index (κ2) is 7.27. The zero-order valence-electron chi connectivity index (χ0n) is 11.0. The molecule has 0 unspecified atom stereocenters. The van der Waals surface area contributed by atoms with E-state index in [1.165, 1.54) is 7.11 Å². The van der Waals surface area contributed by atoms with Crippen molar-refractivity contribution in [2.45, 2.75) is 12.8 Å². The number of amides is 1. The quantitative estimate of drug-likeness (QED) is 0.372. The minimum absolute atomic E-state index is 0.0245. The van der Waals surface area contributed by atoms with Crippen LogP contribution in [0.1, 0.15) is 23.2 Å². The molecule has 1 aromatic carbocycles. The van der Waals surface area contributed by atoms with Crippen molar-refractivity contribution in [3.05, 3.63) is 39.4 Å². The number of nitrogens with one attached hydrogen (secondary N) is 1. The fourth-order valence-electron chi connectivity index (χ4n) is 1.52. The number of nitrogens with zero attached hydrogens (tertiary/aromatic N) is 1. The largest absolute Gasteiger partial charge is 0.469 e. The summed E-state index contributed by atoms with van der Waals surface area (Å²) in [5.74, 6) is -4.36. The lowest BCUT2D eigenvalue weighted by Crippen LogP contribution is -2.27. The molecule has 1 aromatic rings. The number of ether oxygens (including phenoxy) is 1. The van der Waals surface area contributed by atoms with Gasteiger partial charge in [-0.2, -0.15) is 4.39 Å². The Balaban J connectivity index is 2.76. The number of nitro benzene ring substituents is 1. The third kappa shape index (κ3) is 4.20. The highest BCUT2D eigenvalue weighted by Gasteiger charge is 2.25. The van der Waals surface area contributed by atoms with Crippen LogP contribution < -0.4 is 5.32 Å². The molecule has 114 valence electrons. The van der Waals surface area contributed by atoms with Crippen molar-refractivity contribution < 1.29 is 28.0 Å². The van der Waals surface area contributed by atoms with E-state index in [2.05, 4.69) is 10.1 Å². The van der Waals surface area contributed by atoms with Crippen LogP contribution in [0.15, 0.2) is 12.1 Å². The molecule has 0 heterocycles. The second-order valence-electron chi connectivity index (χ2n) is 3.95. The summed E-state index contributed by atoms with van der Waals surface area (Å²) < 4.78 is 31.5. The van der Waals surface area contributed by atoms with Crippen LogP contribution >= 0.6 is 0 Å². The van der Waals surface area contributed by atoms with Gasteiger partial charge >= 0.3 is 11.7 Å². The minimum Gasteiger partial charge on any atom is -0.469 e. The minimum atomic E-state index is -1.54. The smallest absolute Gasteiger partial charge is 0.305 e. The van der Waals surface area contributed by atoms with Crippen molar-refractivity contribution in [2.75, 3.05) is 13.7 Å². The maximum atomic E-state index is 13.7. The Labute approximate surface area is 118 Å². The van der Waals surface area contributed by atoms with Crippen LogP contribution in [-0.4, -0.2) is 30.5 Å². The molecule has 7 nitrogen and oxygen atoms in total. The molecule has 0 atom stereocenters. The normalized spacial score (nSPS) is 10.0. The van der Waals surface area contributed by atoms with Crippen LogP contribution in [0.25, 0.3) is 0 Å². The molecule has 21 heavy (non-hydrogen) atoms. The zero-order valence-corrected chi connectivity index (χ0v) is 11.0. The Morgan fingerprint density at radius 1 is 1.38 bits per heavy atom. The number of nitro groups is 1. The Kier molecular flexibility index (Phi) is 5.70. The molecule has 1 amide bonds. The number of methoxy groups -OCH3 is 1.